The Bertz CT molecular complexity index is 522. The fourth-order valence-corrected chi connectivity index (χ4v) is 3.59. The Morgan fingerprint density at radius 2 is 2.25 bits per heavy atom. The highest BCUT2D eigenvalue weighted by molar-refractivity contribution is 7.89. The van der Waals surface area contributed by atoms with Crippen LogP contribution in [0.2, 0.25) is 0 Å². The molecule has 0 unspecified atom stereocenters. The molecule has 0 radical (unpaired) electrons. The fourth-order valence-electron chi connectivity index (χ4n) is 1.88. The van der Waals surface area contributed by atoms with E-state index in [-0.39, 0.29) is 17.6 Å². The lowest BCUT2D eigenvalue weighted by molar-refractivity contribution is 0.380. The minimum Gasteiger partial charge on any atom is -0.313 e. The summed E-state index contributed by atoms with van der Waals surface area (Å²) >= 11 is 0. The SMILES string of the molecule is C=CCN(C(C)C)S(=O)(=O)c1[nH]ncc1CNCCC. The molecular weight excluding hydrogens is 276 g/mol. The molecule has 1 aromatic rings. The Hall–Kier alpha value is -1.18. The van der Waals surface area contributed by atoms with E-state index < -0.39 is 10.0 Å². The maximum absolute atomic E-state index is 12.7. The van der Waals surface area contributed by atoms with Crippen LogP contribution in [-0.4, -0.2) is 42.1 Å². The maximum atomic E-state index is 12.7. The summed E-state index contributed by atoms with van der Waals surface area (Å²) in [5, 5.41) is 9.84. The average molecular weight is 300 g/mol. The van der Waals surface area contributed by atoms with Gasteiger partial charge in [0.15, 0.2) is 5.03 Å². The Morgan fingerprint density at radius 3 is 2.80 bits per heavy atom. The predicted octanol–water partition coefficient (Wildman–Crippen LogP) is 1.49. The molecule has 1 aromatic heterocycles. The van der Waals surface area contributed by atoms with Crippen molar-refractivity contribution in [2.24, 2.45) is 0 Å². The summed E-state index contributed by atoms with van der Waals surface area (Å²) in [6, 6.07) is -0.141. The monoisotopic (exact) mass is 300 g/mol. The van der Waals surface area contributed by atoms with Gasteiger partial charge in [0.2, 0.25) is 0 Å². The maximum Gasteiger partial charge on any atom is 0.260 e. The van der Waals surface area contributed by atoms with Gasteiger partial charge in [0, 0.05) is 24.7 Å². The molecule has 1 heterocycles. The second kappa shape index (κ2) is 7.56. The summed E-state index contributed by atoms with van der Waals surface area (Å²) < 4.78 is 26.7. The van der Waals surface area contributed by atoms with Crippen molar-refractivity contribution in [3.05, 3.63) is 24.4 Å². The zero-order chi connectivity index (χ0) is 15.2. The number of hydrogen-bond acceptors (Lipinski definition) is 4. The van der Waals surface area contributed by atoms with E-state index in [0.29, 0.717) is 12.1 Å². The van der Waals surface area contributed by atoms with Gasteiger partial charge in [-0.15, -0.1) is 6.58 Å². The Labute approximate surface area is 121 Å². The van der Waals surface area contributed by atoms with E-state index >= 15 is 0 Å². The van der Waals surface area contributed by atoms with Crippen LogP contribution >= 0.6 is 0 Å². The van der Waals surface area contributed by atoms with E-state index in [4.69, 9.17) is 0 Å². The van der Waals surface area contributed by atoms with Gasteiger partial charge in [-0.05, 0) is 26.8 Å². The van der Waals surface area contributed by atoms with Crippen molar-refractivity contribution in [1.29, 1.82) is 0 Å². The van der Waals surface area contributed by atoms with Gasteiger partial charge in [0.25, 0.3) is 10.0 Å². The highest BCUT2D eigenvalue weighted by Crippen LogP contribution is 2.19. The molecule has 2 N–H and O–H groups in total. The van der Waals surface area contributed by atoms with Gasteiger partial charge in [-0.1, -0.05) is 13.0 Å². The van der Waals surface area contributed by atoms with Crippen molar-refractivity contribution in [3.63, 3.8) is 0 Å². The van der Waals surface area contributed by atoms with Crippen molar-refractivity contribution in [2.45, 2.75) is 44.8 Å². The molecule has 0 aromatic carbocycles. The van der Waals surface area contributed by atoms with Crippen molar-refractivity contribution in [2.75, 3.05) is 13.1 Å². The molecule has 114 valence electrons. The largest absolute Gasteiger partial charge is 0.313 e. The molecular formula is C13H24N4O2S. The lowest BCUT2D eigenvalue weighted by Gasteiger charge is -2.24. The molecule has 0 atom stereocenters. The standard InChI is InChI=1S/C13H24N4O2S/c1-5-7-14-9-12-10-15-16-13(12)20(18,19)17(8-6-2)11(3)4/h6,10-11,14H,2,5,7-9H2,1,3-4H3,(H,15,16). The van der Waals surface area contributed by atoms with E-state index in [9.17, 15) is 8.42 Å². The second-order valence-electron chi connectivity index (χ2n) is 4.86. The van der Waals surface area contributed by atoms with Crippen LogP contribution in [0, 0.1) is 0 Å². The van der Waals surface area contributed by atoms with E-state index in [0.717, 1.165) is 13.0 Å². The number of aromatic nitrogens is 2. The van der Waals surface area contributed by atoms with Crippen LogP contribution in [0.5, 0.6) is 0 Å². The number of aromatic amines is 1. The number of rotatable bonds is 9. The quantitative estimate of drug-likeness (QED) is 0.535. The molecule has 20 heavy (non-hydrogen) atoms. The summed E-state index contributed by atoms with van der Waals surface area (Å²) in [4.78, 5) is 0. The molecule has 0 bridgehead atoms. The number of H-pyrrole nitrogens is 1. The molecule has 7 heteroatoms. The van der Waals surface area contributed by atoms with Gasteiger partial charge < -0.3 is 5.32 Å². The molecule has 0 aliphatic heterocycles. The first-order valence-corrected chi connectivity index (χ1v) is 8.24. The van der Waals surface area contributed by atoms with Crippen LogP contribution in [0.15, 0.2) is 23.9 Å². The van der Waals surface area contributed by atoms with Gasteiger partial charge in [-0.2, -0.15) is 9.40 Å². The third kappa shape index (κ3) is 3.91. The van der Waals surface area contributed by atoms with Crippen LogP contribution < -0.4 is 5.32 Å². The van der Waals surface area contributed by atoms with Gasteiger partial charge in [0.05, 0.1) is 6.20 Å². The van der Waals surface area contributed by atoms with Crippen molar-refractivity contribution < 1.29 is 8.42 Å². The number of hydrogen-bond donors (Lipinski definition) is 2. The molecule has 6 nitrogen and oxygen atoms in total. The molecule has 0 amide bonds. The van der Waals surface area contributed by atoms with Gasteiger partial charge in [0.1, 0.15) is 0 Å². The first-order valence-electron chi connectivity index (χ1n) is 6.80. The molecule has 0 aliphatic rings. The van der Waals surface area contributed by atoms with E-state index in [1.807, 2.05) is 13.8 Å². The molecule has 0 spiro atoms. The second-order valence-corrected chi connectivity index (χ2v) is 6.69. The van der Waals surface area contributed by atoms with E-state index in [1.54, 1.807) is 12.3 Å². The van der Waals surface area contributed by atoms with E-state index in [1.165, 1.54) is 4.31 Å². The van der Waals surface area contributed by atoms with E-state index in [2.05, 4.69) is 29.0 Å². The normalized spacial score (nSPS) is 12.2. The van der Waals surface area contributed by atoms with Gasteiger partial charge in [-0.3, -0.25) is 5.10 Å². The smallest absolute Gasteiger partial charge is 0.260 e. The predicted molar refractivity (Wildman–Crippen MR) is 79.8 cm³/mol. The van der Waals surface area contributed by atoms with Gasteiger partial charge >= 0.3 is 0 Å². The zero-order valence-electron chi connectivity index (χ0n) is 12.4. The Morgan fingerprint density at radius 1 is 1.55 bits per heavy atom. The lowest BCUT2D eigenvalue weighted by Crippen LogP contribution is -2.37. The Balaban J connectivity index is 3.02. The minimum atomic E-state index is -3.58. The first-order chi connectivity index (χ1) is 9.45. The molecule has 1 rings (SSSR count). The summed E-state index contributed by atoms with van der Waals surface area (Å²) in [5.41, 5.74) is 0.660. The molecule has 0 saturated heterocycles. The molecule has 0 saturated carbocycles. The number of nitrogens with one attached hydrogen (secondary N) is 2. The van der Waals surface area contributed by atoms with Crippen LogP contribution in [0.4, 0.5) is 0 Å². The van der Waals surface area contributed by atoms with Crippen LogP contribution in [0.1, 0.15) is 32.8 Å². The van der Waals surface area contributed by atoms with Crippen LogP contribution in [-0.2, 0) is 16.6 Å². The summed E-state index contributed by atoms with van der Waals surface area (Å²) in [7, 11) is -3.58. The summed E-state index contributed by atoms with van der Waals surface area (Å²) in [6.07, 6.45) is 4.14. The fraction of sp³-hybridized carbons (Fsp3) is 0.615. The van der Waals surface area contributed by atoms with Crippen LogP contribution in [0.3, 0.4) is 0 Å². The lowest BCUT2D eigenvalue weighted by atomic mass is 10.3. The highest BCUT2D eigenvalue weighted by atomic mass is 32.2. The van der Waals surface area contributed by atoms with Crippen molar-refractivity contribution in [3.8, 4) is 0 Å². The highest BCUT2D eigenvalue weighted by Gasteiger charge is 2.29. The number of sulfonamides is 1. The molecule has 0 aliphatic carbocycles. The van der Waals surface area contributed by atoms with Gasteiger partial charge in [-0.25, -0.2) is 8.42 Å². The summed E-state index contributed by atoms with van der Waals surface area (Å²) in [5.74, 6) is 0. The van der Waals surface area contributed by atoms with Crippen molar-refractivity contribution in [1.82, 2.24) is 19.8 Å². The first kappa shape index (κ1) is 16.9. The topological polar surface area (TPSA) is 78.1 Å². The number of nitrogens with zero attached hydrogens (tertiary/aromatic N) is 2. The average Bonchev–Trinajstić information content (AvgIpc) is 2.84. The minimum absolute atomic E-state index is 0.141. The zero-order valence-corrected chi connectivity index (χ0v) is 13.2. The van der Waals surface area contributed by atoms with Crippen LogP contribution in [0.25, 0.3) is 0 Å². The third-order valence-corrected chi connectivity index (χ3v) is 4.93. The van der Waals surface area contributed by atoms with Crippen molar-refractivity contribution >= 4 is 10.0 Å². The third-order valence-electron chi connectivity index (χ3n) is 2.87. The molecule has 0 fully saturated rings. The Kier molecular flexibility index (Phi) is 6.38. The summed E-state index contributed by atoms with van der Waals surface area (Å²) in [6.45, 7) is 11.0.